The van der Waals surface area contributed by atoms with Gasteiger partial charge in [-0.3, -0.25) is 4.98 Å². The third-order valence-corrected chi connectivity index (χ3v) is 6.46. The molecule has 172 valence electrons. The van der Waals surface area contributed by atoms with Gasteiger partial charge >= 0.3 is 5.97 Å². The number of hydrogen-bond acceptors (Lipinski definition) is 4. The van der Waals surface area contributed by atoms with Gasteiger partial charge < -0.3 is 24.6 Å². The predicted octanol–water partition coefficient (Wildman–Crippen LogP) is 4.20. The van der Waals surface area contributed by atoms with Crippen LogP contribution in [0, 0.1) is 13.8 Å². The summed E-state index contributed by atoms with van der Waals surface area (Å²) in [5, 5.41) is 13.4. The van der Waals surface area contributed by atoms with Crippen molar-refractivity contribution in [2.75, 3.05) is 20.3 Å². The van der Waals surface area contributed by atoms with E-state index in [4.69, 9.17) is 17.0 Å². The molecule has 8 heteroatoms. The highest BCUT2D eigenvalue weighted by Gasteiger charge is 2.41. The number of pyridine rings is 1. The van der Waals surface area contributed by atoms with Crippen LogP contribution in [0.4, 0.5) is 0 Å². The molecule has 2 atom stereocenters. The summed E-state index contributed by atoms with van der Waals surface area (Å²) >= 11 is 5.74. The molecule has 3 aromatic rings. The molecule has 3 heterocycles. The minimum Gasteiger partial charge on any atom is -0.478 e. The highest BCUT2D eigenvalue weighted by atomic mass is 32.1. The first-order chi connectivity index (χ1) is 15.9. The van der Waals surface area contributed by atoms with Crippen LogP contribution in [0.25, 0.3) is 5.69 Å². The number of carboxylic acids is 1. The number of carbonyl (C=O) groups is 1. The molecule has 1 saturated heterocycles. The molecule has 0 unspecified atom stereocenters. The van der Waals surface area contributed by atoms with E-state index in [9.17, 15) is 9.90 Å². The van der Waals surface area contributed by atoms with Gasteiger partial charge in [0.25, 0.3) is 0 Å². The molecule has 0 bridgehead atoms. The minimum absolute atomic E-state index is 0.0255. The minimum atomic E-state index is -0.932. The number of benzene rings is 1. The molecule has 0 radical (unpaired) electrons. The van der Waals surface area contributed by atoms with Gasteiger partial charge in [0, 0.05) is 43.5 Å². The lowest BCUT2D eigenvalue weighted by Crippen LogP contribution is -2.31. The van der Waals surface area contributed by atoms with Crippen LogP contribution in [0.3, 0.4) is 0 Å². The maximum absolute atomic E-state index is 11.3. The van der Waals surface area contributed by atoms with Gasteiger partial charge in [0.1, 0.15) is 0 Å². The molecule has 0 spiro atoms. The van der Waals surface area contributed by atoms with Gasteiger partial charge in [0.15, 0.2) is 5.11 Å². The lowest BCUT2D eigenvalue weighted by molar-refractivity contribution is 0.0697. The first-order valence-corrected chi connectivity index (χ1v) is 11.3. The summed E-state index contributed by atoms with van der Waals surface area (Å²) in [5.41, 5.74) is 5.45. The fourth-order valence-electron chi connectivity index (χ4n) is 4.60. The molecule has 2 aromatic heterocycles. The van der Waals surface area contributed by atoms with Crippen molar-refractivity contribution in [2.45, 2.75) is 32.4 Å². The largest absolute Gasteiger partial charge is 0.478 e. The van der Waals surface area contributed by atoms with Gasteiger partial charge in [-0.2, -0.15) is 0 Å². The Morgan fingerprint density at radius 2 is 1.97 bits per heavy atom. The summed E-state index contributed by atoms with van der Waals surface area (Å²) in [6.45, 7) is 5.59. The Morgan fingerprint density at radius 3 is 2.61 bits per heavy atom. The van der Waals surface area contributed by atoms with Crippen LogP contribution in [-0.2, 0) is 4.74 Å². The third-order valence-electron chi connectivity index (χ3n) is 6.11. The van der Waals surface area contributed by atoms with Crippen molar-refractivity contribution < 1.29 is 14.6 Å². The maximum Gasteiger partial charge on any atom is 0.335 e. The number of rotatable bonds is 8. The van der Waals surface area contributed by atoms with E-state index in [0.717, 1.165) is 41.3 Å². The fraction of sp³-hybridized carbons (Fsp3) is 0.320. The van der Waals surface area contributed by atoms with E-state index in [-0.39, 0.29) is 17.6 Å². The second-order valence-electron chi connectivity index (χ2n) is 8.18. The molecule has 1 aromatic carbocycles. The summed E-state index contributed by atoms with van der Waals surface area (Å²) in [7, 11) is 1.71. The van der Waals surface area contributed by atoms with E-state index >= 15 is 0 Å². The second-order valence-corrected chi connectivity index (χ2v) is 8.57. The van der Waals surface area contributed by atoms with Gasteiger partial charge in [-0.1, -0.05) is 6.07 Å². The lowest BCUT2D eigenvalue weighted by Gasteiger charge is -2.28. The van der Waals surface area contributed by atoms with Crippen molar-refractivity contribution >= 4 is 23.3 Å². The summed E-state index contributed by atoms with van der Waals surface area (Å²) in [5.74, 6) is -0.932. The van der Waals surface area contributed by atoms with Crippen molar-refractivity contribution in [2.24, 2.45) is 0 Å². The summed E-state index contributed by atoms with van der Waals surface area (Å²) in [4.78, 5) is 18.1. The number of thiocarbonyl (C=S) groups is 1. The Bertz CT molecular complexity index is 1140. The zero-order chi connectivity index (χ0) is 23.5. The van der Waals surface area contributed by atoms with Crippen LogP contribution in [0.2, 0.25) is 0 Å². The summed E-state index contributed by atoms with van der Waals surface area (Å²) < 4.78 is 7.43. The van der Waals surface area contributed by atoms with Crippen molar-refractivity contribution in [1.82, 2.24) is 19.8 Å². The lowest BCUT2D eigenvalue weighted by atomic mass is 9.96. The molecular weight excluding hydrogens is 436 g/mol. The quantitative estimate of drug-likeness (QED) is 0.382. The third kappa shape index (κ3) is 4.49. The van der Waals surface area contributed by atoms with Gasteiger partial charge in [0.2, 0.25) is 0 Å². The Kier molecular flexibility index (Phi) is 6.76. The van der Waals surface area contributed by atoms with E-state index < -0.39 is 5.97 Å². The van der Waals surface area contributed by atoms with Crippen LogP contribution < -0.4 is 5.32 Å². The topological polar surface area (TPSA) is 79.6 Å². The van der Waals surface area contributed by atoms with E-state index in [0.29, 0.717) is 11.7 Å². The number of hydrogen-bond donors (Lipinski definition) is 2. The molecule has 4 rings (SSSR count). The normalized spacial score (nSPS) is 17.9. The molecule has 1 fully saturated rings. The first kappa shape index (κ1) is 22.9. The molecular formula is C25H28N4O3S. The smallest absolute Gasteiger partial charge is 0.335 e. The standard InChI is InChI=1S/C25H28N4O3S/c1-16-15-20(17(2)29(16)19-10-8-18(9-11-19)24(30)31)23-22(21-7-4-5-12-26-21)27-25(33)28(23)13-6-14-32-3/h4-5,7-12,15,22-23H,6,13-14H2,1-3H3,(H,27,33)(H,30,31)/t22-,23+/m0/s1. The van der Waals surface area contributed by atoms with E-state index in [1.165, 1.54) is 0 Å². The van der Waals surface area contributed by atoms with E-state index in [2.05, 4.69) is 39.7 Å². The number of nitrogens with zero attached hydrogens (tertiary/aromatic N) is 3. The molecule has 2 N–H and O–H groups in total. The fourth-order valence-corrected chi connectivity index (χ4v) is 4.93. The van der Waals surface area contributed by atoms with Crippen LogP contribution >= 0.6 is 12.2 Å². The maximum atomic E-state index is 11.3. The van der Waals surface area contributed by atoms with Gasteiger partial charge in [0.05, 0.1) is 23.3 Å². The zero-order valence-electron chi connectivity index (χ0n) is 19.0. The zero-order valence-corrected chi connectivity index (χ0v) is 19.8. The van der Waals surface area contributed by atoms with Crippen LogP contribution in [0.1, 0.15) is 51.5 Å². The number of aromatic nitrogens is 2. The number of ether oxygens (including phenoxy) is 1. The van der Waals surface area contributed by atoms with Gasteiger partial charge in [-0.05, 0) is 80.5 Å². The Hall–Kier alpha value is -3.23. The molecule has 0 saturated carbocycles. The van der Waals surface area contributed by atoms with Gasteiger partial charge in [-0.25, -0.2) is 4.79 Å². The van der Waals surface area contributed by atoms with Gasteiger partial charge in [-0.15, -0.1) is 0 Å². The molecule has 1 aliphatic heterocycles. The van der Waals surface area contributed by atoms with Crippen LogP contribution in [0.5, 0.6) is 0 Å². The highest BCUT2D eigenvalue weighted by Crippen LogP contribution is 2.41. The van der Waals surface area contributed by atoms with Crippen LogP contribution in [-0.4, -0.2) is 50.9 Å². The number of nitrogens with one attached hydrogen (secondary N) is 1. The molecule has 1 aliphatic rings. The number of methoxy groups -OCH3 is 1. The molecule has 0 amide bonds. The monoisotopic (exact) mass is 464 g/mol. The Morgan fingerprint density at radius 1 is 1.21 bits per heavy atom. The van der Waals surface area contributed by atoms with Crippen molar-refractivity contribution in [3.63, 3.8) is 0 Å². The molecule has 33 heavy (non-hydrogen) atoms. The van der Waals surface area contributed by atoms with E-state index in [1.54, 1.807) is 25.4 Å². The number of carboxylic acid groups (broad SMARTS) is 1. The summed E-state index contributed by atoms with van der Waals surface area (Å²) in [6.07, 6.45) is 2.66. The average Bonchev–Trinajstić information content (AvgIpc) is 3.29. The average molecular weight is 465 g/mol. The second kappa shape index (κ2) is 9.72. The number of aromatic carboxylic acids is 1. The Balaban J connectivity index is 1.76. The van der Waals surface area contributed by atoms with Crippen molar-refractivity contribution in [3.05, 3.63) is 82.9 Å². The molecule has 0 aliphatic carbocycles. The van der Waals surface area contributed by atoms with E-state index in [1.807, 2.05) is 30.3 Å². The summed E-state index contributed by atoms with van der Waals surface area (Å²) in [6, 6.07) is 15.0. The van der Waals surface area contributed by atoms with Crippen molar-refractivity contribution in [1.29, 1.82) is 0 Å². The molecule has 7 nitrogen and oxygen atoms in total. The number of aryl methyl sites for hydroxylation is 1. The highest BCUT2D eigenvalue weighted by molar-refractivity contribution is 7.80. The van der Waals surface area contributed by atoms with Crippen LogP contribution in [0.15, 0.2) is 54.7 Å². The van der Waals surface area contributed by atoms with Crippen molar-refractivity contribution in [3.8, 4) is 5.69 Å². The first-order valence-electron chi connectivity index (χ1n) is 10.9. The Labute approximate surface area is 199 Å². The predicted molar refractivity (Wildman–Crippen MR) is 131 cm³/mol. The SMILES string of the molecule is COCCCN1C(=S)N[C@@H](c2ccccn2)[C@H]1c1cc(C)n(-c2ccc(C(=O)O)cc2)c1C.